The van der Waals surface area contributed by atoms with Crippen LogP contribution >= 0.6 is 11.5 Å². The van der Waals surface area contributed by atoms with Crippen molar-refractivity contribution in [2.45, 2.75) is 6.61 Å². The van der Waals surface area contributed by atoms with Gasteiger partial charge < -0.3 is 9.47 Å². The van der Waals surface area contributed by atoms with Crippen molar-refractivity contribution in [2.75, 3.05) is 7.11 Å². The van der Waals surface area contributed by atoms with Crippen molar-refractivity contribution in [1.29, 1.82) is 0 Å². The molecule has 1 aromatic heterocycles. The maximum atomic E-state index is 12.2. The first-order chi connectivity index (χ1) is 10.1. The van der Waals surface area contributed by atoms with Crippen LogP contribution < -0.4 is 9.47 Å². The Bertz CT molecular complexity index is 645. The molecule has 0 aliphatic heterocycles. The molecular weight excluding hydrogens is 302 g/mol. The largest absolute Gasteiger partial charge is 0.493 e. The topological polar surface area (TPSA) is 61.3 Å². The number of methoxy groups -OCH3 is 1. The highest BCUT2D eigenvalue weighted by Crippen LogP contribution is 2.29. The number of ketones is 1. The quantitative estimate of drug-likeness (QED) is 0.606. The van der Waals surface area contributed by atoms with Gasteiger partial charge in [-0.3, -0.25) is 4.79 Å². The monoisotopic (exact) mass is 312 g/mol. The van der Waals surface area contributed by atoms with Gasteiger partial charge in [0.2, 0.25) is 0 Å². The lowest BCUT2D eigenvalue weighted by atomic mass is 10.1. The molecule has 1 aromatic carbocycles. The van der Waals surface area contributed by atoms with Crippen molar-refractivity contribution in [1.82, 2.24) is 9.59 Å². The van der Waals surface area contributed by atoms with Crippen molar-refractivity contribution >= 4 is 23.4 Å². The van der Waals surface area contributed by atoms with E-state index in [0.717, 1.165) is 0 Å². The second-order valence-corrected chi connectivity index (χ2v) is 4.38. The molecule has 0 unspecified atom stereocenters. The highest BCUT2D eigenvalue weighted by Gasteiger charge is 2.13. The number of halogens is 2. The number of aromatic nitrogens is 2. The average Bonchev–Trinajstić information content (AvgIpc) is 2.98. The van der Waals surface area contributed by atoms with E-state index in [-0.39, 0.29) is 22.8 Å². The first-order valence-electron chi connectivity index (χ1n) is 5.72. The highest BCUT2D eigenvalue weighted by molar-refractivity contribution is 7.03. The van der Waals surface area contributed by atoms with Gasteiger partial charge in [-0.05, 0) is 41.9 Å². The van der Waals surface area contributed by atoms with Gasteiger partial charge >= 0.3 is 6.61 Å². The summed E-state index contributed by atoms with van der Waals surface area (Å²) in [6, 6.07) is 3.98. The Morgan fingerprint density at radius 1 is 1.38 bits per heavy atom. The maximum absolute atomic E-state index is 12.2. The number of benzene rings is 1. The number of nitrogens with zero attached hydrogens (tertiary/aromatic N) is 2. The Balaban J connectivity index is 2.18. The van der Waals surface area contributed by atoms with E-state index in [1.807, 2.05) is 0 Å². The zero-order valence-corrected chi connectivity index (χ0v) is 11.6. The average molecular weight is 312 g/mol. The predicted molar refractivity (Wildman–Crippen MR) is 72.9 cm³/mol. The van der Waals surface area contributed by atoms with Crippen molar-refractivity contribution in [3.63, 3.8) is 0 Å². The van der Waals surface area contributed by atoms with E-state index in [1.165, 1.54) is 49.0 Å². The first kappa shape index (κ1) is 15.0. The molecule has 2 aromatic rings. The van der Waals surface area contributed by atoms with Gasteiger partial charge in [-0.15, -0.1) is 5.10 Å². The Morgan fingerprint density at radius 2 is 2.19 bits per heavy atom. The molecule has 110 valence electrons. The molecule has 5 nitrogen and oxygen atoms in total. The highest BCUT2D eigenvalue weighted by atomic mass is 32.1. The van der Waals surface area contributed by atoms with Crippen LogP contribution in [-0.2, 0) is 0 Å². The number of hydrogen-bond acceptors (Lipinski definition) is 6. The molecule has 0 aliphatic rings. The number of carbonyl (C=O) groups excluding carboxylic acids is 1. The molecule has 0 fully saturated rings. The molecule has 2 rings (SSSR count). The summed E-state index contributed by atoms with van der Waals surface area (Å²) in [5.74, 6) is -0.383. The van der Waals surface area contributed by atoms with Crippen molar-refractivity contribution in [3.05, 3.63) is 40.9 Å². The molecule has 0 aliphatic carbocycles. The SMILES string of the molecule is COc1cc(C(=O)/C=C\c2csnn2)ccc1OC(F)F. The minimum absolute atomic E-state index is 0.0601. The van der Waals surface area contributed by atoms with Gasteiger partial charge in [0, 0.05) is 10.9 Å². The minimum atomic E-state index is -2.96. The van der Waals surface area contributed by atoms with Crippen LogP contribution in [0.5, 0.6) is 11.5 Å². The van der Waals surface area contributed by atoms with Gasteiger partial charge in [0.05, 0.1) is 12.8 Å². The molecule has 0 amide bonds. The smallest absolute Gasteiger partial charge is 0.387 e. The summed E-state index contributed by atoms with van der Waals surface area (Å²) >= 11 is 1.17. The number of allylic oxidation sites excluding steroid dienone is 1. The van der Waals surface area contributed by atoms with Crippen molar-refractivity contribution in [2.24, 2.45) is 0 Å². The zero-order chi connectivity index (χ0) is 15.2. The van der Waals surface area contributed by atoms with Crippen LogP contribution in [0.3, 0.4) is 0 Å². The summed E-state index contributed by atoms with van der Waals surface area (Å²) in [6.45, 7) is -2.96. The van der Waals surface area contributed by atoms with Gasteiger partial charge in [-0.1, -0.05) is 4.49 Å². The predicted octanol–water partition coefficient (Wildman–Crippen LogP) is 3.04. The van der Waals surface area contributed by atoms with Crippen LogP contribution in [0.25, 0.3) is 6.08 Å². The fourth-order valence-corrected chi connectivity index (χ4v) is 1.94. The van der Waals surface area contributed by atoms with Gasteiger partial charge in [0.1, 0.15) is 0 Å². The van der Waals surface area contributed by atoms with E-state index in [0.29, 0.717) is 5.69 Å². The van der Waals surface area contributed by atoms with Crippen LogP contribution in [-0.4, -0.2) is 29.1 Å². The molecule has 0 saturated carbocycles. The summed E-state index contributed by atoms with van der Waals surface area (Å²) in [6.07, 6.45) is 2.83. The summed E-state index contributed by atoms with van der Waals surface area (Å²) in [5, 5.41) is 5.45. The molecule has 0 saturated heterocycles. The van der Waals surface area contributed by atoms with Crippen LogP contribution in [0.4, 0.5) is 8.78 Å². The van der Waals surface area contributed by atoms with Gasteiger partial charge in [-0.25, -0.2) is 0 Å². The summed E-state index contributed by atoms with van der Waals surface area (Å²) in [7, 11) is 1.30. The Hall–Kier alpha value is -2.35. The first-order valence-corrected chi connectivity index (χ1v) is 6.56. The zero-order valence-electron chi connectivity index (χ0n) is 10.8. The third-order valence-corrected chi connectivity index (χ3v) is 2.97. The van der Waals surface area contributed by atoms with E-state index in [4.69, 9.17) is 4.74 Å². The van der Waals surface area contributed by atoms with E-state index >= 15 is 0 Å². The number of hydrogen-bond donors (Lipinski definition) is 0. The van der Waals surface area contributed by atoms with E-state index < -0.39 is 6.61 Å². The molecule has 8 heteroatoms. The molecule has 0 N–H and O–H groups in total. The number of alkyl halides is 2. The standard InChI is InChI=1S/C13H10F2N2O3S/c1-19-12-6-8(2-5-11(12)20-13(14)15)10(18)4-3-9-7-21-17-16-9/h2-7,13H,1H3/b4-3-. The Morgan fingerprint density at radius 3 is 2.81 bits per heavy atom. The van der Waals surface area contributed by atoms with Crippen molar-refractivity contribution < 1.29 is 23.0 Å². The third kappa shape index (κ3) is 4.06. The number of carbonyl (C=O) groups is 1. The molecule has 0 bridgehead atoms. The molecule has 21 heavy (non-hydrogen) atoms. The summed E-state index contributed by atoms with van der Waals surface area (Å²) in [5.41, 5.74) is 0.853. The Labute approximate surface area is 123 Å². The third-order valence-electron chi connectivity index (χ3n) is 2.45. The fraction of sp³-hybridized carbons (Fsp3) is 0.154. The van der Waals surface area contributed by atoms with E-state index in [2.05, 4.69) is 14.3 Å². The van der Waals surface area contributed by atoms with Gasteiger partial charge in [-0.2, -0.15) is 8.78 Å². The van der Waals surface area contributed by atoms with Gasteiger partial charge in [0.15, 0.2) is 17.3 Å². The number of ether oxygens (including phenoxy) is 2. The molecule has 0 spiro atoms. The molecule has 0 atom stereocenters. The molecule has 0 radical (unpaired) electrons. The van der Waals surface area contributed by atoms with Crippen LogP contribution in [0.15, 0.2) is 29.7 Å². The van der Waals surface area contributed by atoms with Crippen LogP contribution in [0, 0.1) is 0 Å². The molecular formula is C13H10F2N2O3S. The normalized spacial score (nSPS) is 11.0. The second-order valence-electron chi connectivity index (χ2n) is 3.77. The van der Waals surface area contributed by atoms with Crippen molar-refractivity contribution in [3.8, 4) is 11.5 Å². The number of rotatable bonds is 6. The lowest BCUT2D eigenvalue weighted by molar-refractivity contribution is -0.0512. The van der Waals surface area contributed by atoms with Gasteiger partial charge in [0.25, 0.3) is 0 Å². The minimum Gasteiger partial charge on any atom is -0.493 e. The summed E-state index contributed by atoms with van der Waals surface area (Å²) < 4.78 is 37.3. The van der Waals surface area contributed by atoms with Crippen LogP contribution in [0.2, 0.25) is 0 Å². The van der Waals surface area contributed by atoms with E-state index in [9.17, 15) is 13.6 Å². The Kier molecular flexibility index (Phi) is 4.94. The maximum Gasteiger partial charge on any atom is 0.387 e. The summed E-state index contributed by atoms with van der Waals surface area (Å²) in [4.78, 5) is 12.0. The fourth-order valence-electron chi connectivity index (χ4n) is 1.52. The lowest BCUT2D eigenvalue weighted by Crippen LogP contribution is -2.04. The second kappa shape index (κ2) is 6.89. The van der Waals surface area contributed by atoms with E-state index in [1.54, 1.807) is 5.38 Å². The lowest BCUT2D eigenvalue weighted by Gasteiger charge is -2.10. The van der Waals surface area contributed by atoms with Crippen LogP contribution in [0.1, 0.15) is 16.1 Å². The molecule has 1 heterocycles.